The Labute approximate surface area is 107 Å². The smallest absolute Gasteiger partial charge is 0.174 e. The maximum atomic E-state index is 13.3. The average molecular weight is 260 g/mol. The summed E-state index contributed by atoms with van der Waals surface area (Å²) in [6.45, 7) is 0. The predicted octanol–water partition coefficient (Wildman–Crippen LogP) is 2.65. The summed E-state index contributed by atoms with van der Waals surface area (Å²) in [7, 11) is 1.90. The van der Waals surface area contributed by atoms with Crippen molar-refractivity contribution in [2.75, 3.05) is 0 Å². The van der Waals surface area contributed by atoms with Crippen LogP contribution < -0.4 is 0 Å². The van der Waals surface area contributed by atoms with Gasteiger partial charge in [0, 0.05) is 24.8 Å². The lowest BCUT2D eigenvalue weighted by Crippen LogP contribution is -1.92. The van der Waals surface area contributed by atoms with E-state index in [1.165, 1.54) is 30.2 Å². The maximum absolute atomic E-state index is 13.3. The molecule has 0 aliphatic rings. The van der Waals surface area contributed by atoms with Crippen molar-refractivity contribution in [3.05, 3.63) is 42.7 Å². The third-order valence-electron chi connectivity index (χ3n) is 2.53. The van der Waals surface area contributed by atoms with Crippen molar-refractivity contribution in [3.63, 3.8) is 0 Å². The highest BCUT2D eigenvalue weighted by molar-refractivity contribution is 7.99. The zero-order chi connectivity index (χ0) is 12.5. The lowest BCUT2D eigenvalue weighted by molar-refractivity contribution is 0.629. The van der Waals surface area contributed by atoms with E-state index in [9.17, 15) is 4.39 Å². The molecule has 0 fully saturated rings. The second-order valence-electron chi connectivity index (χ2n) is 3.76. The Morgan fingerprint density at radius 2 is 2.11 bits per heavy atom. The lowest BCUT2D eigenvalue weighted by Gasteiger charge is -2.04. The van der Waals surface area contributed by atoms with Crippen LogP contribution in [0.4, 0.5) is 4.39 Å². The Morgan fingerprint density at radius 1 is 1.22 bits per heavy atom. The topological polar surface area (TPSA) is 43.6 Å². The Morgan fingerprint density at radius 3 is 2.89 bits per heavy atom. The van der Waals surface area contributed by atoms with Crippen LogP contribution >= 0.6 is 11.8 Å². The highest BCUT2D eigenvalue weighted by Crippen LogP contribution is 2.29. The Balaban J connectivity index is 2.11. The van der Waals surface area contributed by atoms with Gasteiger partial charge >= 0.3 is 0 Å². The minimum atomic E-state index is -0.293. The third-order valence-corrected chi connectivity index (χ3v) is 3.62. The first-order valence-electron chi connectivity index (χ1n) is 5.29. The van der Waals surface area contributed by atoms with Crippen LogP contribution in [-0.4, -0.2) is 19.5 Å². The summed E-state index contributed by atoms with van der Waals surface area (Å²) in [5, 5.41) is 2.21. The SMILES string of the molecule is Cn1ccnc1Sc1ncnc2ccc(F)cc12. The van der Waals surface area contributed by atoms with E-state index >= 15 is 0 Å². The fourth-order valence-electron chi connectivity index (χ4n) is 1.62. The summed E-state index contributed by atoms with van der Waals surface area (Å²) in [5.74, 6) is -0.293. The van der Waals surface area contributed by atoms with Crippen LogP contribution in [-0.2, 0) is 7.05 Å². The van der Waals surface area contributed by atoms with Crippen LogP contribution in [0, 0.1) is 5.82 Å². The van der Waals surface area contributed by atoms with Crippen LogP contribution in [0.15, 0.2) is 47.1 Å². The van der Waals surface area contributed by atoms with E-state index in [0.717, 1.165) is 10.7 Å². The number of rotatable bonds is 2. The van der Waals surface area contributed by atoms with Crippen molar-refractivity contribution in [3.8, 4) is 0 Å². The van der Waals surface area contributed by atoms with Crippen molar-refractivity contribution in [2.24, 2.45) is 7.05 Å². The molecule has 0 saturated carbocycles. The summed E-state index contributed by atoms with van der Waals surface area (Å²) in [5.41, 5.74) is 0.725. The van der Waals surface area contributed by atoms with Gasteiger partial charge in [0.2, 0.25) is 0 Å². The average Bonchev–Trinajstić information content (AvgIpc) is 2.76. The first-order chi connectivity index (χ1) is 8.74. The van der Waals surface area contributed by atoms with Gasteiger partial charge in [-0.2, -0.15) is 0 Å². The number of imidazole rings is 1. The Bertz CT molecular complexity index is 710. The van der Waals surface area contributed by atoms with Crippen molar-refractivity contribution in [1.82, 2.24) is 19.5 Å². The summed E-state index contributed by atoms with van der Waals surface area (Å²) in [6.07, 6.45) is 5.05. The van der Waals surface area contributed by atoms with Crippen molar-refractivity contribution in [1.29, 1.82) is 0 Å². The first kappa shape index (κ1) is 11.2. The van der Waals surface area contributed by atoms with E-state index in [0.29, 0.717) is 10.4 Å². The number of halogens is 1. The largest absolute Gasteiger partial charge is 0.329 e. The van der Waals surface area contributed by atoms with Crippen molar-refractivity contribution in [2.45, 2.75) is 10.2 Å². The number of hydrogen-bond donors (Lipinski definition) is 0. The molecule has 6 heteroatoms. The van der Waals surface area contributed by atoms with Crippen LogP contribution in [0.3, 0.4) is 0 Å². The minimum absolute atomic E-state index is 0.293. The summed E-state index contributed by atoms with van der Waals surface area (Å²) < 4.78 is 15.2. The maximum Gasteiger partial charge on any atom is 0.174 e. The molecule has 0 unspecified atom stereocenters. The molecule has 0 amide bonds. The first-order valence-corrected chi connectivity index (χ1v) is 6.11. The van der Waals surface area contributed by atoms with Crippen molar-refractivity contribution < 1.29 is 4.39 Å². The molecule has 3 rings (SSSR count). The zero-order valence-electron chi connectivity index (χ0n) is 9.54. The molecule has 4 nitrogen and oxygen atoms in total. The molecule has 0 saturated heterocycles. The van der Waals surface area contributed by atoms with E-state index in [1.807, 2.05) is 17.8 Å². The lowest BCUT2D eigenvalue weighted by atomic mass is 10.2. The van der Waals surface area contributed by atoms with Gasteiger partial charge in [0.25, 0.3) is 0 Å². The zero-order valence-corrected chi connectivity index (χ0v) is 10.4. The van der Waals surface area contributed by atoms with Crippen molar-refractivity contribution >= 4 is 22.7 Å². The predicted molar refractivity (Wildman–Crippen MR) is 66.8 cm³/mol. The molecule has 90 valence electrons. The van der Waals surface area contributed by atoms with Gasteiger partial charge in [0.1, 0.15) is 17.2 Å². The molecular weight excluding hydrogens is 251 g/mol. The monoisotopic (exact) mass is 260 g/mol. The number of aryl methyl sites for hydroxylation is 1. The van der Waals surface area contributed by atoms with Gasteiger partial charge in [-0.15, -0.1) is 0 Å². The standard InChI is InChI=1S/C12H9FN4S/c1-17-5-4-14-12(17)18-11-9-6-8(13)2-3-10(9)15-7-16-11/h2-7H,1H3. The van der Waals surface area contributed by atoms with Crippen LogP contribution in [0.25, 0.3) is 10.9 Å². The van der Waals surface area contributed by atoms with Gasteiger partial charge in [-0.25, -0.2) is 19.3 Å². The molecule has 0 aliphatic heterocycles. The second-order valence-corrected chi connectivity index (χ2v) is 4.72. The van der Waals surface area contributed by atoms with Gasteiger partial charge < -0.3 is 4.57 Å². The van der Waals surface area contributed by atoms with Crippen LogP contribution in [0.5, 0.6) is 0 Å². The van der Waals surface area contributed by atoms with Gasteiger partial charge in [-0.1, -0.05) is 0 Å². The van der Waals surface area contributed by atoms with Crippen LogP contribution in [0.2, 0.25) is 0 Å². The quantitative estimate of drug-likeness (QED) is 0.664. The van der Waals surface area contributed by atoms with E-state index in [4.69, 9.17) is 0 Å². The molecule has 2 heterocycles. The molecule has 0 bridgehead atoms. The number of hydrogen-bond acceptors (Lipinski definition) is 4. The molecule has 0 radical (unpaired) electrons. The van der Waals surface area contributed by atoms with E-state index in [-0.39, 0.29) is 5.82 Å². The molecule has 0 N–H and O–H groups in total. The Hall–Kier alpha value is -1.95. The van der Waals surface area contributed by atoms with Crippen LogP contribution in [0.1, 0.15) is 0 Å². The number of benzene rings is 1. The van der Waals surface area contributed by atoms with E-state index < -0.39 is 0 Å². The van der Waals surface area contributed by atoms with Gasteiger partial charge in [-0.3, -0.25) is 0 Å². The van der Waals surface area contributed by atoms with E-state index in [2.05, 4.69) is 15.0 Å². The minimum Gasteiger partial charge on any atom is -0.329 e. The molecule has 0 spiro atoms. The fourth-order valence-corrected chi connectivity index (χ4v) is 2.49. The number of aromatic nitrogens is 4. The van der Waals surface area contributed by atoms with Gasteiger partial charge in [0.05, 0.1) is 5.52 Å². The molecular formula is C12H9FN4S. The summed E-state index contributed by atoms with van der Waals surface area (Å²) in [6, 6.07) is 4.49. The molecule has 2 aromatic heterocycles. The molecule has 0 atom stereocenters. The van der Waals surface area contributed by atoms with Gasteiger partial charge in [-0.05, 0) is 30.0 Å². The molecule has 18 heavy (non-hydrogen) atoms. The Kier molecular flexibility index (Phi) is 2.71. The molecule has 0 aliphatic carbocycles. The summed E-state index contributed by atoms with van der Waals surface area (Å²) >= 11 is 1.39. The number of fused-ring (bicyclic) bond motifs is 1. The fraction of sp³-hybridized carbons (Fsp3) is 0.0833. The third kappa shape index (κ3) is 1.95. The van der Waals surface area contributed by atoms with E-state index in [1.54, 1.807) is 12.3 Å². The molecule has 3 aromatic rings. The highest BCUT2D eigenvalue weighted by Gasteiger charge is 2.09. The van der Waals surface area contributed by atoms with Gasteiger partial charge in [0.15, 0.2) is 5.16 Å². The highest BCUT2D eigenvalue weighted by atomic mass is 32.2. The summed E-state index contributed by atoms with van der Waals surface area (Å²) in [4.78, 5) is 12.5. The normalized spacial score (nSPS) is 11.0. The molecule has 1 aromatic carbocycles. The second kappa shape index (κ2) is 4.38. The number of nitrogens with zero attached hydrogens (tertiary/aromatic N) is 4.